The lowest BCUT2D eigenvalue weighted by molar-refractivity contribution is -0.134. The molecule has 135 valence electrons. The van der Waals surface area contributed by atoms with Crippen LogP contribution in [0.2, 0.25) is 0 Å². The molecule has 26 heavy (non-hydrogen) atoms. The number of anilines is 2. The summed E-state index contributed by atoms with van der Waals surface area (Å²) in [5, 5.41) is 0. The number of imide groups is 1. The van der Waals surface area contributed by atoms with E-state index >= 15 is 0 Å². The zero-order chi connectivity index (χ0) is 18.5. The number of fused-ring (bicyclic) bond motifs is 1. The van der Waals surface area contributed by atoms with Gasteiger partial charge in [-0.1, -0.05) is 0 Å². The predicted molar refractivity (Wildman–Crippen MR) is 93.1 cm³/mol. The van der Waals surface area contributed by atoms with Crippen molar-refractivity contribution in [1.29, 1.82) is 0 Å². The molecule has 0 aromatic heterocycles. The summed E-state index contributed by atoms with van der Waals surface area (Å²) in [5.41, 5.74) is 4.85. The van der Waals surface area contributed by atoms with Gasteiger partial charge in [-0.25, -0.2) is 9.69 Å². The lowest BCUT2D eigenvalue weighted by Gasteiger charge is -2.27. The molecule has 0 saturated carbocycles. The number of nitrogens with two attached hydrogens (primary N) is 1. The molecule has 0 spiro atoms. The molecule has 3 aliphatic rings. The van der Waals surface area contributed by atoms with Crippen LogP contribution in [0.25, 0.3) is 0 Å². The average molecular weight is 355 g/mol. The fourth-order valence-corrected chi connectivity index (χ4v) is 3.94. The van der Waals surface area contributed by atoms with Gasteiger partial charge in [-0.15, -0.1) is 0 Å². The van der Waals surface area contributed by atoms with Gasteiger partial charge in [0.05, 0.1) is 5.69 Å². The fraction of sp³-hybridized carbons (Fsp3) is 0.389. The van der Waals surface area contributed by atoms with E-state index in [9.17, 15) is 19.2 Å². The van der Waals surface area contributed by atoms with Crippen molar-refractivity contribution in [3.63, 3.8) is 0 Å². The van der Waals surface area contributed by atoms with Gasteiger partial charge in [-0.05, 0) is 43.5 Å². The normalized spacial score (nSPS) is 25.8. The molecule has 3 aliphatic heterocycles. The molecule has 3 saturated heterocycles. The minimum atomic E-state index is -1.68. The number of primary amides is 1. The van der Waals surface area contributed by atoms with Gasteiger partial charge in [0.1, 0.15) is 0 Å². The third-order valence-electron chi connectivity index (χ3n) is 5.29. The number of hydrogen-bond donors (Lipinski definition) is 1. The molecule has 3 fully saturated rings. The van der Waals surface area contributed by atoms with Crippen molar-refractivity contribution >= 4 is 35.1 Å². The van der Waals surface area contributed by atoms with Gasteiger partial charge in [-0.2, -0.15) is 0 Å². The van der Waals surface area contributed by atoms with E-state index in [1.165, 1.54) is 11.3 Å². The number of carbonyl (C=O) groups excluding carboxylic acids is 4. The number of amides is 5. The molecule has 1 atom stereocenters. The molecule has 1 aromatic carbocycles. The summed E-state index contributed by atoms with van der Waals surface area (Å²) in [4.78, 5) is 53.4. The highest BCUT2D eigenvalue weighted by Gasteiger charge is 2.64. The highest BCUT2D eigenvalue weighted by molar-refractivity contribution is 6.32. The number of carbonyl (C=O) groups is 4. The summed E-state index contributed by atoms with van der Waals surface area (Å²) in [6, 6.07) is 6.10. The summed E-state index contributed by atoms with van der Waals surface area (Å²) in [6.07, 6.45) is 4.33. The first kappa shape index (κ1) is 16.6. The van der Waals surface area contributed by atoms with E-state index in [0.717, 1.165) is 23.4 Å². The van der Waals surface area contributed by atoms with Gasteiger partial charge < -0.3 is 15.5 Å². The first-order valence-corrected chi connectivity index (χ1v) is 8.67. The number of rotatable bonds is 3. The second-order valence-electron chi connectivity index (χ2n) is 6.72. The minimum Gasteiger partial charge on any atom is -0.367 e. The molecular formula is C18H19N4O4. The minimum absolute atomic E-state index is 0.0697. The molecular weight excluding hydrogens is 336 g/mol. The van der Waals surface area contributed by atoms with Gasteiger partial charge in [0.15, 0.2) is 0 Å². The highest BCUT2D eigenvalue weighted by Crippen LogP contribution is 2.39. The van der Waals surface area contributed by atoms with E-state index in [4.69, 9.17) is 5.73 Å². The first-order valence-electron chi connectivity index (χ1n) is 8.67. The number of nitrogens with zero attached hydrogens (tertiary/aromatic N) is 3. The average Bonchev–Trinajstić information content (AvgIpc) is 3.16. The Labute approximate surface area is 150 Å². The van der Waals surface area contributed by atoms with Crippen LogP contribution in [0.1, 0.15) is 25.7 Å². The lowest BCUT2D eigenvalue weighted by atomic mass is 9.95. The van der Waals surface area contributed by atoms with Crippen LogP contribution >= 0.6 is 0 Å². The summed E-state index contributed by atoms with van der Waals surface area (Å²) >= 11 is 0. The van der Waals surface area contributed by atoms with Crippen molar-refractivity contribution in [3.05, 3.63) is 30.7 Å². The molecule has 4 rings (SSSR count). The zero-order valence-corrected chi connectivity index (χ0v) is 14.2. The van der Waals surface area contributed by atoms with Gasteiger partial charge in [0.25, 0.3) is 11.8 Å². The molecule has 0 aliphatic carbocycles. The largest absolute Gasteiger partial charge is 0.367 e. The van der Waals surface area contributed by atoms with Crippen molar-refractivity contribution in [3.8, 4) is 0 Å². The summed E-state index contributed by atoms with van der Waals surface area (Å²) in [6.45, 7) is 0.942. The first-order chi connectivity index (χ1) is 12.5. The second kappa shape index (κ2) is 5.82. The Morgan fingerprint density at radius 1 is 1.00 bits per heavy atom. The molecule has 3 heterocycles. The monoisotopic (exact) mass is 355 g/mol. The predicted octanol–water partition coefficient (Wildman–Crippen LogP) is 0.804. The van der Waals surface area contributed by atoms with Crippen LogP contribution < -0.4 is 15.5 Å². The maximum atomic E-state index is 12.9. The van der Waals surface area contributed by atoms with Crippen molar-refractivity contribution in [1.82, 2.24) is 4.90 Å². The topological polar surface area (TPSA) is 104 Å². The van der Waals surface area contributed by atoms with E-state index in [-0.39, 0.29) is 12.5 Å². The van der Waals surface area contributed by atoms with Crippen LogP contribution in [-0.4, -0.2) is 47.3 Å². The lowest BCUT2D eigenvalue weighted by Crippen LogP contribution is -2.55. The summed E-state index contributed by atoms with van der Waals surface area (Å²) < 4.78 is 0. The van der Waals surface area contributed by atoms with E-state index in [1.807, 2.05) is 0 Å². The molecule has 1 aromatic rings. The number of benzene rings is 1. The van der Waals surface area contributed by atoms with E-state index in [0.29, 0.717) is 25.1 Å². The number of urea groups is 1. The standard InChI is InChI=1S/C18H19N4O4/c19-15(24)18-9-3-11-21(18)17(26)22(16(18)25)13-7-5-12(6-8-13)20-10-2-1-4-14(20)23/h5-9H,1-4,10-11H2,(H2,19,24)/t18-/m0/s1. The van der Waals surface area contributed by atoms with Crippen LogP contribution in [0.3, 0.4) is 0 Å². The molecule has 0 bridgehead atoms. The number of piperidine rings is 1. The van der Waals surface area contributed by atoms with Crippen molar-refractivity contribution in [2.24, 2.45) is 5.73 Å². The summed E-state index contributed by atoms with van der Waals surface area (Å²) in [5.74, 6) is -1.42. The third kappa shape index (κ3) is 2.14. The molecule has 1 radical (unpaired) electrons. The third-order valence-corrected chi connectivity index (χ3v) is 5.29. The van der Waals surface area contributed by atoms with Gasteiger partial charge in [0.2, 0.25) is 11.4 Å². The molecule has 8 heteroatoms. The Kier molecular flexibility index (Phi) is 3.71. The molecule has 8 nitrogen and oxygen atoms in total. The Morgan fingerprint density at radius 3 is 2.31 bits per heavy atom. The van der Waals surface area contributed by atoms with Gasteiger partial charge in [-0.3, -0.25) is 14.4 Å². The Morgan fingerprint density at radius 2 is 1.69 bits per heavy atom. The second-order valence-corrected chi connectivity index (χ2v) is 6.72. The molecule has 2 N–H and O–H groups in total. The zero-order valence-electron chi connectivity index (χ0n) is 14.2. The Balaban J connectivity index is 1.64. The molecule has 5 amide bonds. The van der Waals surface area contributed by atoms with Crippen LogP contribution in [0, 0.1) is 6.42 Å². The fourth-order valence-electron chi connectivity index (χ4n) is 3.94. The van der Waals surface area contributed by atoms with Crippen LogP contribution in [-0.2, 0) is 14.4 Å². The van der Waals surface area contributed by atoms with Crippen LogP contribution in [0.5, 0.6) is 0 Å². The molecule has 0 unspecified atom stereocenters. The Hall–Kier alpha value is -2.90. The van der Waals surface area contributed by atoms with Crippen molar-refractivity contribution < 1.29 is 19.2 Å². The van der Waals surface area contributed by atoms with Crippen LogP contribution in [0.4, 0.5) is 16.2 Å². The van der Waals surface area contributed by atoms with Gasteiger partial charge in [0, 0.05) is 31.6 Å². The van der Waals surface area contributed by atoms with Gasteiger partial charge >= 0.3 is 6.03 Å². The van der Waals surface area contributed by atoms with E-state index < -0.39 is 23.4 Å². The SMILES string of the molecule is NC(=O)[C@]12[CH]CCN1C(=O)N(c1ccc(N3CCCCC3=O)cc1)C2=O. The quantitative estimate of drug-likeness (QED) is 0.640. The highest BCUT2D eigenvalue weighted by atomic mass is 16.2. The summed E-state index contributed by atoms with van der Waals surface area (Å²) in [7, 11) is 0. The Bertz CT molecular complexity index is 806. The maximum Gasteiger partial charge on any atom is 0.332 e. The smallest absolute Gasteiger partial charge is 0.332 e. The van der Waals surface area contributed by atoms with Crippen molar-refractivity contribution in [2.45, 2.75) is 31.2 Å². The number of hydrogen-bond acceptors (Lipinski definition) is 4. The van der Waals surface area contributed by atoms with Crippen molar-refractivity contribution in [2.75, 3.05) is 22.9 Å². The van der Waals surface area contributed by atoms with Crippen LogP contribution in [0.15, 0.2) is 24.3 Å². The van der Waals surface area contributed by atoms with E-state index in [2.05, 4.69) is 0 Å². The maximum absolute atomic E-state index is 12.9. The van der Waals surface area contributed by atoms with E-state index in [1.54, 1.807) is 29.2 Å².